The first kappa shape index (κ1) is 17.6. The standard InChI is InChI=1S/C18H15FN6O3/c19-12-5-3-4-11(8-12)18-21-23-25(22-18)10-16(26)24-9-15(17(20)27)28-14-7-2-1-6-13(14)24/h1-8,15H,9-10H2,(H2,20,27). The van der Waals surface area contributed by atoms with E-state index < -0.39 is 17.8 Å². The van der Waals surface area contributed by atoms with E-state index in [4.69, 9.17) is 10.5 Å². The maximum Gasteiger partial charge on any atom is 0.260 e. The van der Waals surface area contributed by atoms with Crippen LogP contribution in [-0.4, -0.2) is 44.7 Å². The second-order valence-corrected chi connectivity index (χ2v) is 6.13. The van der Waals surface area contributed by atoms with Crippen LogP contribution in [-0.2, 0) is 16.1 Å². The second kappa shape index (κ2) is 7.06. The molecular weight excluding hydrogens is 367 g/mol. The summed E-state index contributed by atoms with van der Waals surface area (Å²) in [5.74, 6) is -0.875. The Morgan fingerprint density at radius 1 is 1.21 bits per heavy atom. The Morgan fingerprint density at radius 3 is 2.82 bits per heavy atom. The smallest absolute Gasteiger partial charge is 0.260 e. The number of amides is 2. The van der Waals surface area contributed by atoms with E-state index in [-0.39, 0.29) is 24.8 Å². The van der Waals surface area contributed by atoms with Crippen LogP contribution in [0.4, 0.5) is 10.1 Å². The van der Waals surface area contributed by atoms with Crippen molar-refractivity contribution in [1.29, 1.82) is 0 Å². The van der Waals surface area contributed by atoms with E-state index in [2.05, 4.69) is 15.4 Å². The van der Waals surface area contributed by atoms with E-state index in [1.165, 1.54) is 23.1 Å². The van der Waals surface area contributed by atoms with Crippen molar-refractivity contribution in [2.45, 2.75) is 12.6 Å². The number of nitrogens with two attached hydrogens (primary N) is 1. The lowest BCUT2D eigenvalue weighted by Crippen LogP contribution is -2.50. The van der Waals surface area contributed by atoms with Crippen LogP contribution in [0.25, 0.3) is 11.4 Å². The fraction of sp³-hybridized carbons (Fsp3) is 0.167. The van der Waals surface area contributed by atoms with Gasteiger partial charge < -0.3 is 15.4 Å². The zero-order valence-electron chi connectivity index (χ0n) is 14.5. The topological polar surface area (TPSA) is 116 Å². The summed E-state index contributed by atoms with van der Waals surface area (Å²) >= 11 is 0. The highest BCUT2D eigenvalue weighted by Crippen LogP contribution is 2.33. The van der Waals surface area contributed by atoms with Gasteiger partial charge in [0.1, 0.15) is 18.1 Å². The molecule has 142 valence electrons. The van der Waals surface area contributed by atoms with Crippen molar-refractivity contribution in [1.82, 2.24) is 20.2 Å². The minimum atomic E-state index is -0.953. The van der Waals surface area contributed by atoms with Crippen molar-refractivity contribution in [2.75, 3.05) is 11.4 Å². The van der Waals surface area contributed by atoms with E-state index >= 15 is 0 Å². The molecule has 3 aromatic rings. The number of tetrazole rings is 1. The number of hydrogen-bond acceptors (Lipinski definition) is 6. The molecule has 10 heteroatoms. The predicted octanol–water partition coefficient (Wildman–Crippen LogP) is 0.759. The van der Waals surface area contributed by atoms with Gasteiger partial charge in [-0.1, -0.05) is 24.3 Å². The zero-order chi connectivity index (χ0) is 19.7. The molecule has 1 aromatic heterocycles. The molecule has 0 spiro atoms. The summed E-state index contributed by atoms with van der Waals surface area (Å²) < 4.78 is 18.9. The highest BCUT2D eigenvalue weighted by Gasteiger charge is 2.32. The molecule has 1 atom stereocenters. The van der Waals surface area contributed by atoms with Gasteiger partial charge in [-0.3, -0.25) is 9.59 Å². The van der Waals surface area contributed by atoms with Crippen LogP contribution in [0, 0.1) is 5.82 Å². The third kappa shape index (κ3) is 3.39. The van der Waals surface area contributed by atoms with Crippen LogP contribution in [0.2, 0.25) is 0 Å². The summed E-state index contributed by atoms with van der Waals surface area (Å²) in [6.45, 7) is -0.237. The average Bonchev–Trinajstić information content (AvgIpc) is 3.15. The van der Waals surface area contributed by atoms with Gasteiger partial charge in [-0.05, 0) is 29.5 Å². The molecule has 1 aliphatic heterocycles. The number of hydrogen-bond donors (Lipinski definition) is 1. The molecule has 28 heavy (non-hydrogen) atoms. The van der Waals surface area contributed by atoms with Crippen LogP contribution < -0.4 is 15.4 Å². The normalized spacial score (nSPS) is 15.6. The van der Waals surface area contributed by atoms with E-state index in [0.717, 1.165) is 4.80 Å². The Balaban J connectivity index is 1.56. The average molecular weight is 382 g/mol. The molecule has 0 aliphatic carbocycles. The van der Waals surface area contributed by atoms with E-state index in [1.54, 1.807) is 30.3 Å². The molecule has 2 aromatic carbocycles. The molecule has 1 unspecified atom stereocenters. The van der Waals surface area contributed by atoms with Crippen molar-refractivity contribution in [3.63, 3.8) is 0 Å². The number of ether oxygens (including phenoxy) is 1. The summed E-state index contributed by atoms with van der Waals surface area (Å²) in [5, 5.41) is 11.8. The van der Waals surface area contributed by atoms with Crippen molar-refractivity contribution in [3.8, 4) is 17.1 Å². The SMILES string of the molecule is NC(=O)C1CN(C(=O)Cn2nnc(-c3cccc(F)c3)n2)c2ccccc2O1. The van der Waals surface area contributed by atoms with Crippen LogP contribution in [0.5, 0.6) is 5.75 Å². The summed E-state index contributed by atoms with van der Waals surface area (Å²) in [6, 6.07) is 12.6. The number of carbonyl (C=O) groups is 2. The summed E-state index contributed by atoms with van der Waals surface area (Å²) in [6.07, 6.45) is -0.953. The lowest BCUT2D eigenvalue weighted by Gasteiger charge is -2.33. The number of primary amides is 1. The third-order valence-electron chi connectivity index (χ3n) is 4.20. The molecule has 4 rings (SSSR count). The highest BCUT2D eigenvalue weighted by atomic mass is 19.1. The Hall–Kier alpha value is -3.82. The molecule has 1 aliphatic rings. The van der Waals surface area contributed by atoms with Gasteiger partial charge in [0.25, 0.3) is 11.8 Å². The van der Waals surface area contributed by atoms with Gasteiger partial charge >= 0.3 is 0 Å². The van der Waals surface area contributed by atoms with Gasteiger partial charge in [-0.2, -0.15) is 4.80 Å². The van der Waals surface area contributed by atoms with Crippen LogP contribution in [0.1, 0.15) is 0 Å². The number of halogens is 1. The first-order chi connectivity index (χ1) is 13.5. The lowest BCUT2D eigenvalue weighted by atomic mass is 10.1. The van der Waals surface area contributed by atoms with Gasteiger partial charge in [-0.15, -0.1) is 10.2 Å². The second-order valence-electron chi connectivity index (χ2n) is 6.13. The van der Waals surface area contributed by atoms with Crippen LogP contribution in [0.15, 0.2) is 48.5 Å². The molecule has 0 saturated heterocycles. The van der Waals surface area contributed by atoms with Crippen LogP contribution >= 0.6 is 0 Å². The minimum absolute atomic E-state index is 0.0172. The number of fused-ring (bicyclic) bond motifs is 1. The number of rotatable bonds is 4. The lowest BCUT2D eigenvalue weighted by molar-refractivity contribution is -0.125. The third-order valence-corrected chi connectivity index (χ3v) is 4.20. The number of nitrogens with zero attached hydrogens (tertiary/aromatic N) is 5. The van der Waals surface area contributed by atoms with Gasteiger partial charge in [-0.25, -0.2) is 4.39 Å². The highest BCUT2D eigenvalue weighted by molar-refractivity contribution is 5.96. The van der Waals surface area contributed by atoms with E-state index in [0.29, 0.717) is 17.0 Å². The number of para-hydroxylation sites is 2. The quantitative estimate of drug-likeness (QED) is 0.712. The van der Waals surface area contributed by atoms with Gasteiger partial charge in [0, 0.05) is 5.56 Å². The first-order valence-corrected chi connectivity index (χ1v) is 8.40. The van der Waals surface area contributed by atoms with Gasteiger partial charge in [0.05, 0.1) is 12.2 Å². The minimum Gasteiger partial charge on any atom is -0.477 e. The molecule has 2 amide bonds. The molecule has 0 radical (unpaired) electrons. The number of benzene rings is 2. The molecule has 2 N–H and O–H groups in total. The van der Waals surface area contributed by atoms with Crippen LogP contribution in [0.3, 0.4) is 0 Å². The molecule has 9 nitrogen and oxygen atoms in total. The maximum absolute atomic E-state index is 13.4. The van der Waals surface area contributed by atoms with Crippen molar-refractivity contribution in [2.24, 2.45) is 5.73 Å². The zero-order valence-corrected chi connectivity index (χ0v) is 14.5. The molecule has 0 saturated carbocycles. The largest absolute Gasteiger partial charge is 0.477 e. The fourth-order valence-corrected chi connectivity index (χ4v) is 2.88. The molecule has 0 fully saturated rings. The molecule has 2 heterocycles. The molecule has 0 bridgehead atoms. The summed E-state index contributed by atoms with van der Waals surface area (Å²) in [4.78, 5) is 26.9. The molecular formula is C18H15FN6O3. The Morgan fingerprint density at radius 2 is 2.04 bits per heavy atom. The monoisotopic (exact) mass is 382 g/mol. The van der Waals surface area contributed by atoms with Crippen molar-refractivity contribution < 1.29 is 18.7 Å². The van der Waals surface area contributed by atoms with Gasteiger partial charge in [0.15, 0.2) is 6.10 Å². The Kier molecular flexibility index (Phi) is 4.44. The summed E-state index contributed by atoms with van der Waals surface area (Å²) in [7, 11) is 0. The number of carbonyl (C=O) groups excluding carboxylic acids is 2. The fourth-order valence-electron chi connectivity index (χ4n) is 2.88. The maximum atomic E-state index is 13.4. The summed E-state index contributed by atoms with van der Waals surface area (Å²) in [5.41, 5.74) is 6.32. The Bertz CT molecular complexity index is 1050. The first-order valence-electron chi connectivity index (χ1n) is 8.40. The Labute approximate surface area is 158 Å². The number of anilines is 1. The van der Waals surface area contributed by atoms with E-state index in [9.17, 15) is 14.0 Å². The van der Waals surface area contributed by atoms with Crippen molar-refractivity contribution >= 4 is 17.5 Å². The van der Waals surface area contributed by atoms with E-state index in [1.807, 2.05) is 0 Å². The number of aromatic nitrogens is 4. The van der Waals surface area contributed by atoms with Gasteiger partial charge in [0.2, 0.25) is 5.82 Å². The van der Waals surface area contributed by atoms with Crippen molar-refractivity contribution in [3.05, 3.63) is 54.3 Å². The predicted molar refractivity (Wildman–Crippen MR) is 95.6 cm³/mol.